The number of ether oxygens (including phenoxy) is 2. The van der Waals surface area contributed by atoms with Gasteiger partial charge in [-0.1, -0.05) is 58.3 Å². The van der Waals surface area contributed by atoms with Crippen molar-refractivity contribution in [3.8, 4) is 0 Å². The molecule has 0 aliphatic carbocycles. The molecule has 26 heavy (non-hydrogen) atoms. The summed E-state index contributed by atoms with van der Waals surface area (Å²) in [5.41, 5.74) is -0.968. The van der Waals surface area contributed by atoms with Crippen LogP contribution in [0.4, 0.5) is 4.79 Å². The van der Waals surface area contributed by atoms with Crippen LogP contribution in [0.25, 0.3) is 0 Å². The molecule has 0 fully saturated rings. The Labute approximate surface area is 160 Å². The monoisotopic (exact) mass is 374 g/mol. The highest BCUT2D eigenvalue weighted by Crippen LogP contribution is 2.13. The molecular formula is C21H42O5. The molecule has 0 aromatic heterocycles. The second-order valence-corrected chi connectivity index (χ2v) is 8.65. The Morgan fingerprint density at radius 1 is 0.692 bits per heavy atom. The lowest BCUT2D eigenvalue weighted by Gasteiger charge is -2.24. The molecule has 1 N–H and O–H groups in total. The van der Waals surface area contributed by atoms with E-state index in [9.17, 15) is 9.59 Å². The maximum absolute atomic E-state index is 11.0. The minimum absolute atomic E-state index is 0.343. The summed E-state index contributed by atoms with van der Waals surface area (Å²) in [6.45, 7) is 13.0. The van der Waals surface area contributed by atoms with Crippen molar-refractivity contribution < 1.29 is 24.2 Å². The van der Waals surface area contributed by atoms with Gasteiger partial charge in [0.25, 0.3) is 0 Å². The number of carbonyl (C=O) groups is 2. The number of carbonyl (C=O) groups excluding carboxylic acids is 1. The van der Waals surface area contributed by atoms with Gasteiger partial charge in [-0.25, -0.2) is 4.79 Å². The predicted molar refractivity (Wildman–Crippen MR) is 107 cm³/mol. The molecule has 0 heterocycles. The average Bonchev–Trinajstić information content (AvgIpc) is 2.41. The number of hydrogen-bond donors (Lipinski definition) is 1. The molecule has 0 aliphatic rings. The number of carboxylic acid groups (broad SMARTS) is 1. The van der Waals surface area contributed by atoms with Crippen LogP contribution >= 0.6 is 0 Å². The highest BCUT2D eigenvalue weighted by atomic mass is 16.7. The van der Waals surface area contributed by atoms with Crippen LogP contribution in [0.15, 0.2) is 0 Å². The molecule has 0 bridgehead atoms. The molecule has 0 aliphatic heterocycles. The van der Waals surface area contributed by atoms with E-state index >= 15 is 0 Å². The van der Waals surface area contributed by atoms with Crippen LogP contribution in [0.1, 0.15) is 113 Å². The zero-order valence-electron chi connectivity index (χ0n) is 18.2. The molecule has 0 atom stereocenters. The summed E-state index contributed by atoms with van der Waals surface area (Å²) in [6, 6.07) is 0. The van der Waals surface area contributed by atoms with Crippen molar-refractivity contribution in [3.05, 3.63) is 0 Å². The Hall–Kier alpha value is -1.26. The third-order valence-corrected chi connectivity index (χ3v) is 3.27. The number of unbranched alkanes of at least 4 members (excludes halogenated alkanes) is 8. The molecule has 0 saturated heterocycles. The number of carboxylic acids is 1. The predicted octanol–water partition coefficient (Wildman–Crippen LogP) is 6.73. The quantitative estimate of drug-likeness (QED) is 0.339. The molecule has 5 heteroatoms. The molecular weight excluding hydrogens is 332 g/mol. The first-order valence-corrected chi connectivity index (χ1v) is 10.0. The lowest BCUT2D eigenvalue weighted by atomic mass is 10.1. The van der Waals surface area contributed by atoms with Crippen molar-refractivity contribution in [2.24, 2.45) is 0 Å². The molecule has 5 nitrogen and oxygen atoms in total. The lowest BCUT2D eigenvalue weighted by Crippen LogP contribution is -2.30. The number of rotatable bonds is 10. The van der Waals surface area contributed by atoms with E-state index < -0.39 is 23.3 Å². The Morgan fingerprint density at radius 2 is 1.04 bits per heavy atom. The third kappa shape index (κ3) is 27.6. The molecule has 0 radical (unpaired) electrons. The maximum Gasteiger partial charge on any atom is 0.509 e. The highest BCUT2D eigenvalue weighted by Gasteiger charge is 2.22. The fourth-order valence-electron chi connectivity index (χ4n) is 2.11. The van der Waals surface area contributed by atoms with Gasteiger partial charge in [-0.05, 0) is 48.0 Å². The summed E-state index contributed by atoms with van der Waals surface area (Å²) in [4.78, 5) is 21.2. The molecule has 0 amide bonds. The van der Waals surface area contributed by atoms with Crippen LogP contribution in [0.5, 0.6) is 0 Å². The Kier molecular flexibility index (Phi) is 15.4. The van der Waals surface area contributed by atoms with Gasteiger partial charge in [0.05, 0.1) is 0 Å². The van der Waals surface area contributed by atoms with Gasteiger partial charge in [-0.3, -0.25) is 4.79 Å². The molecule has 0 unspecified atom stereocenters. The lowest BCUT2D eigenvalue weighted by molar-refractivity contribution is -0.137. The molecule has 0 saturated carbocycles. The van der Waals surface area contributed by atoms with Crippen molar-refractivity contribution in [1.29, 1.82) is 0 Å². The first kappa shape index (κ1) is 27.0. The topological polar surface area (TPSA) is 72.8 Å². The van der Waals surface area contributed by atoms with E-state index in [0.29, 0.717) is 6.42 Å². The average molecular weight is 375 g/mol. The van der Waals surface area contributed by atoms with Crippen molar-refractivity contribution in [2.75, 3.05) is 0 Å². The van der Waals surface area contributed by atoms with E-state index in [1.54, 1.807) is 41.5 Å². The first-order chi connectivity index (χ1) is 11.9. The summed E-state index contributed by atoms with van der Waals surface area (Å²) in [5, 5.41) is 8.41. The summed E-state index contributed by atoms with van der Waals surface area (Å²) in [5.74, 6) is -0.659. The maximum atomic E-state index is 11.0. The molecule has 0 aromatic carbocycles. The van der Waals surface area contributed by atoms with Gasteiger partial charge < -0.3 is 14.6 Å². The minimum atomic E-state index is -0.659. The Morgan fingerprint density at radius 3 is 1.35 bits per heavy atom. The summed E-state index contributed by atoms with van der Waals surface area (Å²) < 4.78 is 9.91. The van der Waals surface area contributed by atoms with Crippen LogP contribution in [-0.4, -0.2) is 28.4 Å². The fraction of sp³-hybridized carbons (Fsp3) is 0.905. The number of aliphatic carboxylic acids is 1. The van der Waals surface area contributed by atoms with E-state index in [1.807, 2.05) is 0 Å². The van der Waals surface area contributed by atoms with E-state index in [2.05, 4.69) is 6.92 Å². The standard InChI is InChI=1S/C12H24O2.C9H18O3/c1-2-3-4-5-6-7-8-9-10-11-12(13)14;1-8(2,3)11-7(10)12-9(4,5)6/h2-11H2,1H3,(H,13,14);1-6H3. The second kappa shape index (κ2) is 14.9. The van der Waals surface area contributed by atoms with E-state index in [1.165, 1.54) is 44.9 Å². The SMILES string of the molecule is CC(C)(C)OC(=O)OC(C)(C)C.CCCCCCCCCCCC(=O)O. The fourth-order valence-corrected chi connectivity index (χ4v) is 2.11. The molecule has 156 valence electrons. The summed E-state index contributed by atoms with van der Waals surface area (Å²) in [7, 11) is 0. The van der Waals surface area contributed by atoms with Crippen LogP contribution in [0.3, 0.4) is 0 Å². The van der Waals surface area contributed by atoms with Crippen LogP contribution in [-0.2, 0) is 14.3 Å². The highest BCUT2D eigenvalue weighted by molar-refractivity contribution is 5.66. The van der Waals surface area contributed by atoms with Crippen molar-refractivity contribution in [3.63, 3.8) is 0 Å². The van der Waals surface area contributed by atoms with Crippen LogP contribution < -0.4 is 0 Å². The molecule has 0 spiro atoms. The smallest absolute Gasteiger partial charge is 0.481 e. The normalized spacial score (nSPS) is 11.3. The summed E-state index contributed by atoms with van der Waals surface area (Å²) in [6.07, 6.45) is 10.9. The molecule has 0 rings (SSSR count). The van der Waals surface area contributed by atoms with Gasteiger partial charge in [-0.15, -0.1) is 0 Å². The largest absolute Gasteiger partial charge is 0.509 e. The van der Waals surface area contributed by atoms with Gasteiger partial charge in [0.15, 0.2) is 0 Å². The van der Waals surface area contributed by atoms with E-state index in [0.717, 1.165) is 12.8 Å². The van der Waals surface area contributed by atoms with E-state index in [4.69, 9.17) is 14.6 Å². The van der Waals surface area contributed by atoms with Crippen LogP contribution in [0, 0.1) is 0 Å². The van der Waals surface area contributed by atoms with Gasteiger partial charge in [0.1, 0.15) is 11.2 Å². The second-order valence-electron chi connectivity index (χ2n) is 8.65. The van der Waals surface area contributed by atoms with E-state index in [-0.39, 0.29) is 0 Å². The van der Waals surface area contributed by atoms with Gasteiger partial charge in [0, 0.05) is 6.42 Å². The van der Waals surface area contributed by atoms with Crippen molar-refractivity contribution in [1.82, 2.24) is 0 Å². The van der Waals surface area contributed by atoms with Gasteiger partial charge in [-0.2, -0.15) is 0 Å². The van der Waals surface area contributed by atoms with Crippen LogP contribution in [0.2, 0.25) is 0 Å². The number of hydrogen-bond acceptors (Lipinski definition) is 4. The summed E-state index contributed by atoms with van der Waals surface area (Å²) >= 11 is 0. The minimum Gasteiger partial charge on any atom is -0.481 e. The molecule has 0 aromatic rings. The first-order valence-electron chi connectivity index (χ1n) is 10.0. The van der Waals surface area contributed by atoms with Crippen molar-refractivity contribution >= 4 is 12.1 Å². The zero-order chi connectivity index (χ0) is 20.6. The van der Waals surface area contributed by atoms with Gasteiger partial charge >= 0.3 is 12.1 Å². The third-order valence-electron chi connectivity index (χ3n) is 3.27. The zero-order valence-corrected chi connectivity index (χ0v) is 18.2. The Bertz CT molecular complexity index is 346. The van der Waals surface area contributed by atoms with Crippen molar-refractivity contribution in [2.45, 2.75) is 124 Å². The van der Waals surface area contributed by atoms with Gasteiger partial charge in [0.2, 0.25) is 0 Å². The Balaban J connectivity index is 0.